The van der Waals surface area contributed by atoms with E-state index < -0.39 is 22.2 Å². The summed E-state index contributed by atoms with van der Waals surface area (Å²) in [5.41, 5.74) is -0.297. The molecule has 0 aliphatic heterocycles. The van der Waals surface area contributed by atoms with Crippen molar-refractivity contribution in [3.05, 3.63) is 39.7 Å². The molecule has 0 heterocycles. The summed E-state index contributed by atoms with van der Waals surface area (Å²) in [4.78, 5) is 9.67. The van der Waals surface area contributed by atoms with E-state index in [-0.39, 0.29) is 0 Å². The molecule has 0 saturated carbocycles. The summed E-state index contributed by atoms with van der Waals surface area (Å²) in [6.45, 7) is 0. The van der Waals surface area contributed by atoms with Gasteiger partial charge >= 0.3 is 5.69 Å². The van der Waals surface area contributed by atoms with Crippen molar-refractivity contribution in [1.82, 2.24) is 0 Å². The second-order valence-corrected chi connectivity index (χ2v) is 3.49. The molecule has 0 fully saturated rings. The SMILES string of the molecule is O=[N+]([O-])c1cc(C=CCCS)cc(F)c1O. The van der Waals surface area contributed by atoms with Gasteiger partial charge in [-0.3, -0.25) is 10.1 Å². The minimum atomic E-state index is -1.00. The first-order valence-electron chi connectivity index (χ1n) is 4.50. The van der Waals surface area contributed by atoms with Crippen molar-refractivity contribution in [2.75, 3.05) is 5.75 Å². The molecule has 6 heteroatoms. The average molecular weight is 243 g/mol. The van der Waals surface area contributed by atoms with Gasteiger partial charge in [-0.2, -0.15) is 12.6 Å². The third kappa shape index (κ3) is 2.96. The molecule has 0 aliphatic rings. The molecule has 0 spiro atoms. The van der Waals surface area contributed by atoms with Gasteiger partial charge in [0, 0.05) is 6.07 Å². The number of nitrogens with zero attached hydrogens (tertiary/aromatic N) is 1. The lowest BCUT2D eigenvalue weighted by atomic mass is 10.1. The van der Waals surface area contributed by atoms with Crippen LogP contribution in [0.4, 0.5) is 10.1 Å². The maximum absolute atomic E-state index is 13.1. The minimum absolute atomic E-state index is 0.337. The van der Waals surface area contributed by atoms with Crippen LogP contribution in [-0.4, -0.2) is 15.8 Å². The number of phenols is 1. The fraction of sp³-hybridized carbons (Fsp3) is 0.200. The summed E-state index contributed by atoms with van der Waals surface area (Å²) < 4.78 is 13.1. The van der Waals surface area contributed by atoms with Crippen LogP contribution in [0.25, 0.3) is 6.08 Å². The Morgan fingerprint density at radius 1 is 1.56 bits per heavy atom. The number of rotatable bonds is 4. The summed E-state index contributed by atoms with van der Waals surface area (Å²) in [5, 5.41) is 19.6. The van der Waals surface area contributed by atoms with Crippen LogP contribution in [0.1, 0.15) is 12.0 Å². The lowest BCUT2D eigenvalue weighted by molar-refractivity contribution is -0.386. The Bertz CT molecular complexity index is 434. The van der Waals surface area contributed by atoms with Crippen molar-refractivity contribution >= 4 is 24.4 Å². The summed E-state index contributed by atoms with van der Waals surface area (Å²) in [6, 6.07) is 2.16. The zero-order valence-corrected chi connectivity index (χ0v) is 9.15. The summed E-state index contributed by atoms with van der Waals surface area (Å²) in [5.74, 6) is -1.30. The molecule has 4 nitrogen and oxygen atoms in total. The Hall–Kier alpha value is -1.56. The van der Waals surface area contributed by atoms with Crippen molar-refractivity contribution in [3.8, 4) is 5.75 Å². The van der Waals surface area contributed by atoms with E-state index in [1.165, 1.54) is 0 Å². The van der Waals surface area contributed by atoms with Gasteiger partial charge in [0.1, 0.15) is 0 Å². The standard InChI is InChI=1S/C10H10FNO3S/c11-8-5-7(3-1-2-4-16)6-9(10(8)13)12(14)15/h1,3,5-6,13,16H,2,4H2. The van der Waals surface area contributed by atoms with E-state index in [2.05, 4.69) is 12.6 Å². The van der Waals surface area contributed by atoms with Gasteiger partial charge < -0.3 is 5.11 Å². The number of hydrogen-bond acceptors (Lipinski definition) is 4. The molecule has 0 atom stereocenters. The van der Waals surface area contributed by atoms with Gasteiger partial charge in [0.2, 0.25) is 5.75 Å². The van der Waals surface area contributed by atoms with Crippen LogP contribution in [-0.2, 0) is 0 Å². The maximum Gasteiger partial charge on any atom is 0.314 e. The van der Waals surface area contributed by atoms with E-state index in [1.807, 2.05) is 0 Å². The minimum Gasteiger partial charge on any atom is -0.500 e. The number of hydrogen-bond donors (Lipinski definition) is 2. The molecule has 0 aromatic heterocycles. The molecule has 0 amide bonds. The number of nitro groups is 1. The highest BCUT2D eigenvalue weighted by Gasteiger charge is 2.18. The molecule has 1 rings (SSSR count). The van der Waals surface area contributed by atoms with Crippen molar-refractivity contribution in [2.24, 2.45) is 0 Å². The van der Waals surface area contributed by atoms with E-state index in [1.54, 1.807) is 12.2 Å². The average Bonchev–Trinajstić information content (AvgIpc) is 2.23. The maximum atomic E-state index is 13.1. The lowest BCUT2D eigenvalue weighted by Gasteiger charge is -1.99. The Balaban J connectivity index is 3.09. The van der Waals surface area contributed by atoms with Gasteiger partial charge in [-0.05, 0) is 23.8 Å². The summed E-state index contributed by atoms with van der Waals surface area (Å²) >= 11 is 3.98. The highest BCUT2D eigenvalue weighted by molar-refractivity contribution is 7.80. The summed E-state index contributed by atoms with van der Waals surface area (Å²) in [7, 11) is 0. The predicted molar refractivity (Wildman–Crippen MR) is 62.2 cm³/mol. The van der Waals surface area contributed by atoms with Crippen LogP contribution in [0.15, 0.2) is 18.2 Å². The highest BCUT2D eigenvalue weighted by atomic mass is 32.1. The number of nitro benzene ring substituents is 1. The highest BCUT2D eigenvalue weighted by Crippen LogP contribution is 2.30. The fourth-order valence-electron chi connectivity index (χ4n) is 1.13. The Kier molecular flexibility index (Phi) is 4.30. The molecule has 0 aliphatic carbocycles. The van der Waals surface area contributed by atoms with Gasteiger partial charge in [-0.15, -0.1) is 0 Å². The van der Waals surface area contributed by atoms with Crippen LogP contribution >= 0.6 is 12.6 Å². The van der Waals surface area contributed by atoms with Crippen LogP contribution in [0.2, 0.25) is 0 Å². The van der Waals surface area contributed by atoms with Gasteiger partial charge in [0.25, 0.3) is 0 Å². The molecular weight excluding hydrogens is 233 g/mol. The van der Waals surface area contributed by atoms with E-state index >= 15 is 0 Å². The first-order chi connectivity index (χ1) is 7.56. The third-order valence-corrected chi connectivity index (χ3v) is 2.13. The van der Waals surface area contributed by atoms with Crippen LogP contribution in [0, 0.1) is 15.9 Å². The quantitative estimate of drug-likeness (QED) is 0.485. The molecular formula is C10H10FNO3S. The third-order valence-electron chi connectivity index (χ3n) is 1.87. The van der Waals surface area contributed by atoms with Crippen LogP contribution in [0.3, 0.4) is 0 Å². The zero-order chi connectivity index (χ0) is 12.1. The Labute approximate surface area is 97.0 Å². The van der Waals surface area contributed by atoms with Crippen LogP contribution < -0.4 is 0 Å². The molecule has 16 heavy (non-hydrogen) atoms. The smallest absolute Gasteiger partial charge is 0.314 e. The van der Waals surface area contributed by atoms with E-state index in [9.17, 15) is 14.5 Å². The second kappa shape index (κ2) is 5.50. The normalized spacial score (nSPS) is 10.9. The van der Waals surface area contributed by atoms with Crippen molar-refractivity contribution in [2.45, 2.75) is 6.42 Å². The number of thiol groups is 1. The fourth-order valence-corrected chi connectivity index (χ4v) is 1.28. The van der Waals surface area contributed by atoms with E-state index in [0.29, 0.717) is 17.7 Å². The van der Waals surface area contributed by atoms with Gasteiger partial charge in [0.15, 0.2) is 5.82 Å². The Morgan fingerprint density at radius 3 is 2.81 bits per heavy atom. The number of phenolic OH excluding ortho intramolecular Hbond substituents is 1. The Morgan fingerprint density at radius 2 is 2.25 bits per heavy atom. The zero-order valence-electron chi connectivity index (χ0n) is 8.26. The molecule has 0 unspecified atom stereocenters. The van der Waals surface area contributed by atoms with Crippen molar-refractivity contribution in [1.29, 1.82) is 0 Å². The second-order valence-electron chi connectivity index (χ2n) is 3.04. The molecule has 0 radical (unpaired) electrons. The van der Waals surface area contributed by atoms with E-state index in [4.69, 9.17) is 5.11 Å². The molecule has 0 saturated heterocycles. The van der Waals surface area contributed by atoms with Gasteiger partial charge in [-0.1, -0.05) is 12.2 Å². The topological polar surface area (TPSA) is 63.4 Å². The molecule has 1 N–H and O–H groups in total. The van der Waals surface area contributed by atoms with E-state index in [0.717, 1.165) is 12.1 Å². The van der Waals surface area contributed by atoms with Gasteiger partial charge in [0.05, 0.1) is 4.92 Å². The lowest BCUT2D eigenvalue weighted by Crippen LogP contribution is -1.92. The monoisotopic (exact) mass is 243 g/mol. The largest absolute Gasteiger partial charge is 0.500 e. The van der Waals surface area contributed by atoms with Crippen molar-refractivity contribution < 1.29 is 14.4 Å². The number of halogens is 1. The molecule has 1 aromatic rings. The molecule has 1 aromatic carbocycles. The summed E-state index contributed by atoms with van der Waals surface area (Å²) in [6.07, 6.45) is 3.95. The number of allylic oxidation sites excluding steroid dienone is 1. The first kappa shape index (κ1) is 12.5. The van der Waals surface area contributed by atoms with Crippen LogP contribution in [0.5, 0.6) is 5.75 Å². The predicted octanol–water partition coefficient (Wildman–Crippen LogP) is 2.77. The first-order valence-corrected chi connectivity index (χ1v) is 5.13. The molecule has 0 bridgehead atoms. The number of benzene rings is 1. The number of aromatic hydroxyl groups is 1. The van der Waals surface area contributed by atoms with Gasteiger partial charge in [-0.25, -0.2) is 4.39 Å². The van der Waals surface area contributed by atoms with Crippen molar-refractivity contribution in [3.63, 3.8) is 0 Å². The molecule has 86 valence electrons.